The standard InChI is InChI=1S/C13H13BrINO2/c1-13(2,3)18-12(17)16-10-7-9(14)5-4-8(10)6-11(16)15/h4-7H,1-3H3. The lowest BCUT2D eigenvalue weighted by atomic mass is 10.2. The molecule has 2 rings (SSSR count). The Kier molecular flexibility index (Phi) is 3.73. The molecule has 3 nitrogen and oxygen atoms in total. The number of hydrogen-bond acceptors (Lipinski definition) is 2. The molecule has 0 radical (unpaired) electrons. The maximum atomic E-state index is 12.2. The van der Waals surface area contributed by atoms with Crippen molar-refractivity contribution in [2.75, 3.05) is 0 Å². The summed E-state index contributed by atoms with van der Waals surface area (Å²) in [5.74, 6) is 0. The van der Waals surface area contributed by atoms with Gasteiger partial charge in [0.1, 0.15) is 5.60 Å². The fourth-order valence-electron chi connectivity index (χ4n) is 1.63. The third-order valence-electron chi connectivity index (χ3n) is 2.30. The third-order valence-corrected chi connectivity index (χ3v) is 3.58. The van der Waals surface area contributed by atoms with E-state index in [1.165, 1.54) is 0 Å². The Morgan fingerprint density at radius 3 is 2.61 bits per heavy atom. The van der Waals surface area contributed by atoms with Gasteiger partial charge in [-0.2, -0.15) is 0 Å². The van der Waals surface area contributed by atoms with Gasteiger partial charge >= 0.3 is 6.09 Å². The van der Waals surface area contributed by atoms with Crippen molar-refractivity contribution < 1.29 is 9.53 Å². The van der Waals surface area contributed by atoms with Crippen molar-refractivity contribution in [3.05, 3.63) is 32.4 Å². The van der Waals surface area contributed by atoms with E-state index >= 15 is 0 Å². The van der Waals surface area contributed by atoms with Crippen LogP contribution in [0.25, 0.3) is 10.9 Å². The summed E-state index contributed by atoms with van der Waals surface area (Å²) in [5, 5.41) is 1.02. The van der Waals surface area contributed by atoms with Gasteiger partial charge in [-0.1, -0.05) is 22.0 Å². The Morgan fingerprint density at radius 2 is 2.00 bits per heavy atom. The van der Waals surface area contributed by atoms with Crippen LogP contribution in [0.3, 0.4) is 0 Å². The molecule has 0 aliphatic carbocycles. The fourth-order valence-corrected chi connectivity index (χ4v) is 2.77. The maximum absolute atomic E-state index is 12.2. The first-order valence-electron chi connectivity index (χ1n) is 5.48. The van der Waals surface area contributed by atoms with Crippen LogP contribution in [0.1, 0.15) is 20.8 Å². The molecule has 0 fully saturated rings. The van der Waals surface area contributed by atoms with Crippen LogP contribution < -0.4 is 0 Å². The predicted octanol–water partition coefficient (Wildman–Crippen LogP) is 4.79. The molecule has 96 valence electrons. The lowest BCUT2D eigenvalue weighted by Crippen LogP contribution is -2.27. The Hall–Kier alpha value is -0.560. The number of hydrogen-bond donors (Lipinski definition) is 0. The lowest BCUT2D eigenvalue weighted by Gasteiger charge is -2.20. The second-order valence-corrected chi connectivity index (χ2v) is 7.01. The van der Waals surface area contributed by atoms with E-state index in [9.17, 15) is 4.79 Å². The van der Waals surface area contributed by atoms with Gasteiger partial charge in [-0.25, -0.2) is 9.36 Å². The molecule has 0 aliphatic rings. The lowest BCUT2D eigenvalue weighted by molar-refractivity contribution is 0.0540. The molecule has 0 spiro atoms. The number of aromatic nitrogens is 1. The largest absolute Gasteiger partial charge is 0.443 e. The van der Waals surface area contributed by atoms with E-state index in [0.29, 0.717) is 0 Å². The normalized spacial score (nSPS) is 11.8. The molecule has 0 bridgehead atoms. The van der Waals surface area contributed by atoms with Crippen molar-refractivity contribution in [3.8, 4) is 0 Å². The molecule has 0 unspecified atom stereocenters. The van der Waals surface area contributed by atoms with Gasteiger partial charge in [0.15, 0.2) is 0 Å². The van der Waals surface area contributed by atoms with E-state index in [1.807, 2.05) is 45.0 Å². The van der Waals surface area contributed by atoms with Crippen LogP contribution in [0.5, 0.6) is 0 Å². The predicted molar refractivity (Wildman–Crippen MR) is 84.0 cm³/mol. The van der Waals surface area contributed by atoms with E-state index in [2.05, 4.69) is 38.5 Å². The zero-order valence-corrected chi connectivity index (χ0v) is 14.1. The molecule has 1 aromatic carbocycles. The van der Waals surface area contributed by atoms with E-state index in [-0.39, 0.29) is 6.09 Å². The average Bonchev–Trinajstić information content (AvgIpc) is 2.50. The van der Waals surface area contributed by atoms with Crippen LogP contribution in [-0.4, -0.2) is 16.3 Å². The van der Waals surface area contributed by atoms with Crippen molar-refractivity contribution >= 4 is 55.5 Å². The molecule has 1 heterocycles. The number of carbonyl (C=O) groups is 1. The minimum Gasteiger partial charge on any atom is -0.443 e. The molecule has 1 aromatic heterocycles. The first-order chi connectivity index (χ1) is 8.28. The fraction of sp³-hybridized carbons (Fsp3) is 0.308. The zero-order valence-electron chi connectivity index (χ0n) is 10.3. The smallest absolute Gasteiger partial charge is 0.419 e. The maximum Gasteiger partial charge on any atom is 0.419 e. The number of carbonyl (C=O) groups excluding carboxylic acids is 1. The molecular weight excluding hydrogens is 409 g/mol. The second-order valence-electron chi connectivity index (χ2n) is 4.99. The average molecular weight is 422 g/mol. The van der Waals surface area contributed by atoms with Crippen LogP contribution in [0, 0.1) is 3.70 Å². The number of benzene rings is 1. The molecular formula is C13H13BrINO2. The minimum atomic E-state index is -0.497. The highest BCUT2D eigenvalue weighted by atomic mass is 127. The SMILES string of the molecule is CC(C)(C)OC(=O)n1c(I)cc2ccc(Br)cc21. The van der Waals surface area contributed by atoms with Crippen molar-refractivity contribution in [3.63, 3.8) is 0 Å². The Balaban J connectivity index is 2.53. The number of rotatable bonds is 0. The van der Waals surface area contributed by atoms with Gasteiger partial charge in [0.05, 0.1) is 9.22 Å². The summed E-state index contributed by atoms with van der Waals surface area (Å²) in [5.41, 5.74) is 0.353. The van der Waals surface area contributed by atoms with E-state index in [4.69, 9.17) is 4.74 Å². The topological polar surface area (TPSA) is 31.2 Å². The van der Waals surface area contributed by atoms with Gasteiger partial charge in [0.25, 0.3) is 0 Å². The highest BCUT2D eigenvalue weighted by Gasteiger charge is 2.21. The zero-order chi connectivity index (χ0) is 13.5. The number of fused-ring (bicyclic) bond motifs is 1. The highest BCUT2D eigenvalue weighted by molar-refractivity contribution is 14.1. The molecule has 0 atom stereocenters. The van der Waals surface area contributed by atoms with E-state index in [0.717, 1.165) is 19.1 Å². The van der Waals surface area contributed by atoms with Crippen LogP contribution in [0.15, 0.2) is 28.7 Å². The Morgan fingerprint density at radius 1 is 1.33 bits per heavy atom. The van der Waals surface area contributed by atoms with E-state index in [1.54, 1.807) is 4.57 Å². The number of halogens is 2. The van der Waals surface area contributed by atoms with Crippen LogP contribution >= 0.6 is 38.5 Å². The molecule has 2 aromatic rings. The van der Waals surface area contributed by atoms with Crippen LogP contribution in [-0.2, 0) is 4.74 Å². The van der Waals surface area contributed by atoms with Crippen molar-refractivity contribution in [2.24, 2.45) is 0 Å². The van der Waals surface area contributed by atoms with Crippen molar-refractivity contribution in [2.45, 2.75) is 26.4 Å². The molecule has 0 amide bonds. The molecule has 5 heteroatoms. The number of ether oxygens (including phenoxy) is 1. The second kappa shape index (κ2) is 4.85. The summed E-state index contributed by atoms with van der Waals surface area (Å²) >= 11 is 5.56. The summed E-state index contributed by atoms with van der Waals surface area (Å²) in [4.78, 5) is 12.2. The minimum absolute atomic E-state index is 0.347. The summed E-state index contributed by atoms with van der Waals surface area (Å²) in [6.07, 6.45) is -0.347. The van der Waals surface area contributed by atoms with Crippen molar-refractivity contribution in [1.29, 1.82) is 0 Å². The van der Waals surface area contributed by atoms with E-state index < -0.39 is 5.60 Å². The molecule has 0 saturated carbocycles. The Labute approximate surface area is 128 Å². The first kappa shape index (κ1) is 13.9. The van der Waals surface area contributed by atoms with Crippen LogP contribution in [0.4, 0.5) is 4.79 Å². The summed E-state index contributed by atoms with van der Waals surface area (Å²) in [7, 11) is 0. The highest BCUT2D eigenvalue weighted by Crippen LogP contribution is 2.25. The van der Waals surface area contributed by atoms with Gasteiger partial charge in [0.2, 0.25) is 0 Å². The first-order valence-corrected chi connectivity index (χ1v) is 7.35. The van der Waals surface area contributed by atoms with Gasteiger partial charge in [-0.05, 0) is 61.6 Å². The molecule has 0 saturated heterocycles. The summed E-state index contributed by atoms with van der Waals surface area (Å²) in [6, 6.07) is 7.81. The number of nitrogens with zero attached hydrogens (tertiary/aromatic N) is 1. The van der Waals surface area contributed by atoms with Gasteiger partial charge < -0.3 is 4.74 Å². The Bertz CT molecular complexity index is 613. The van der Waals surface area contributed by atoms with Gasteiger partial charge in [0, 0.05) is 9.86 Å². The molecule has 18 heavy (non-hydrogen) atoms. The summed E-state index contributed by atoms with van der Waals surface area (Å²) in [6.45, 7) is 5.58. The van der Waals surface area contributed by atoms with Crippen molar-refractivity contribution in [1.82, 2.24) is 4.57 Å². The molecule has 0 aliphatic heterocycles. The van der Waals surface area contributed by atoms with Crippen LogP contribution in [0.2, 0.25) is 0 Å². The third kappa shape index (κ3) is 2.88. The summed E-state index contributed by atoms with van der Waals surface area (Å²) < 4.78 is 8.79. The van der Waals surface area contributed by atoms with Gasteiger partial charge in [-0.3, -0.25) is 0 Å². The quantitative estimate of drug-likeness (QED) is 0.572. The molecule has 0 N–H and O–H groups in total. The van der Waals surface area contributed by atoms with Gasteiger partial charge in [-0.15, -0.1) is 0 Å². The monoisotopic (exact) mass is 421 g/mol.